The first-order valence-corrected chi connectivity index (χ1v) is 11.9. The summed E-state index contributed by atoms with van der Waals surface area (Å²) in [5, 5.41) is 6.76. The molecule has 0 bridgehead atoms. The van der Waals surface area contributed by atoms with Crippen LogP contribution in [0.3, 0.4) is 0 Å². The largest absolute Gasteiger partial charge is 0.352 e. The van der Waals surface area contributed by atoms with Gasteiger partial charge < -0.3 is 9.84 Å². The normalized spacial score (nSPS) is 15.5. The predicted octanol–water partition coefficient (Wildman–Crippen LogP) is 3.04. The maximum absolute atomic E-state index is 13.0. The van der Waals surface area contributed by atoms with Gasteiger partial charge in [0.15, 0.2) is 5.82 Å². The Kier molecular flexibility index (Phi) is 7.25. The number of benzene rings is 1. The lowest BCUT2D eigenvalue weighted by Gasteiger charge is -2.26. The highest BCUT2D eigenvalue weighted by atomic mass is 32.2. The van der Waals surface area contributed by atoms with Gasteiger partial charge in [0.25, 0.3) is 5.91 Å². The molecule has 30 heavy (non-hydrogen) atoms. The maximum atomic E-state index is 13.0. The molecule has 0 radical (unpaired) electrons. The summed E-state index contributed by atoms with van der Waals surface area (Å²) >= 11 is 0. The van der Waals surface area contributed by atoms with E-state index in [4.69, 9.17) is 4.52 Å². The number of sulfonamides is 1. The SMILES string of the molecule is Cc1ccc(C(=O)NCCCc2nc(C(C)C)no2)cc1S(=O)(=O)N1CCCCC1. The average molecular weight is 435 g/mol. The van der Waals surface area contributed by atoms with Crippen LogP contribution in [-0.4, -0.2) is 48.4 Å². The Bertz CT molecular complexity index is 979. The number of aromatic nitrogens is 2. The number of piperidine rings is 1. The highest BCUT2D eigenvalue weighted by Gasteiger charge is 2.28. The fourth-order valence-electron chi connectivity index (χ4n) is 3.41. The lowest BCUT2D eigenvalue weighted by molar-refractivity contribution is 0.0952. The van der Waals surface area contributed by atoms with Gasteiger partial charge in [0.2, 0.25) is 15.9 Å². The third kappa shape index (κ3) is 5.26. The van der Waals surface area contributed by atoms with Gasteiger partial charge in [-0.2, -0.15) is 9.29 Å². The van der Waals surface area contributed by atoms with Crippen molar-refractivity contribution in [3.63, 3.8) is 0 Å². The summed E-state index contributed by atoms with van der Waals surface area (Å²) in [6.07, 6.45) is 4.02. The summed E-state index contributed by atoms with van der Waals surface area (Å²) in [7, 11) is -3.59. The quantitative estimate of drug-likeness (QED) is 0.640. The Hall–Kier alpha value is -2.26. The van der Waals surface area contributed by atoms with Crippen LogP contribution in [0, 0.1) is 6.92 Å². The Morgan fingerprint density at radius 2 is 1.97 bits per heavy atom. The Balaban J connectivity index is 1.60. The fraction of sp³-hybridized carbons (Fsp3) is 0.571. The van der Waals surface area contributed by atoms with Crippen molar-refractivity contribution < 1.29 is 17.7 Å². The molecular weight excluding hydrogens is 404 g/mol. The summed E-state index contributed by atoms with van der Waals surface area (Å²) in [5.74, 6) is 1.15. The molecule has 1 fully saturated rings. The molecule has 1 saturated heterocycles. The Morgan fingerprint density at radius 1 is 1.23 bits per heavy atom. The van der Waals surface area contributed by atoms with E-state index in [0.29, 0.717) is 55.3 Å². The van der Waals surface area contributed by atoms with E-state index in [-0.39, 0.29) is 16.7 Å². The van der Waals surface area contributed by atoms with Crippen molar-refractivity contribution in [2.45, 2.75) is 63.7 Å². The molecule has 9 heteroatoms. The first kappa shape index (κ1) is 22.4. The molecule has 1 N–H and O–H groups in total. The highest BCUT2D eigenvalue weighted by molar-refractivity contribution is 7.89. The number of hydrogen-bond donors (Lipinski definition) is 1. The van der Waals surface area contributed by atoms with Crippen LogP contribution < -0.4 is 5.32 Å². The number of hydrogen-bond acceptors (Lipinski definition) is 6. The molecule has 1 aromatic carbocycles. The summed E-state index contributed by atoms with van der Waals surface area (Å²) in [5.41, 5.74) is 0.991. The molecule has 3 rings (SSSR count). The van der Waals surface area contributed by atoms with Crippen molar-refractivity contribution in [1.29, 1.82) is 0 Å². The second-order valence-electron chi connectivity index (χ2n) is 8.01. The smallest absolute Gasteiger partial charge is 0.251 e. The van der Waals surface area contributed by atoms with E-state index in [1.165, 1.54) is 10.4 Å². The second kappa shape index (κ2) is 9.70. The molecule has 0 spiro atoms. The van der Waals surface area contributed by atoms with Gasteiger partial charge in [0.05, 0.1) is 4.90 Å². The Morgan fingerprint density at radius 3 is 2.63 bits per heavy atom. The molecule has 164 valence electrons. The minimum atomic E-state index is -3.59. The number of nitrogens with zero attached hydrogens (tertiary/aromatic N) is 3. The molecule has 0 unspecified atom stereocenters. The van der Waals surface area contributed by atoms with Crippen LogP contribution >= 0.6 is 0 Å². The van der Waals surface area contributed by atoms with Crippen molar-refractivity contribution in [2.75, 3.05) is 19.6 Å². The van der Waals surface area contributed by atoms with Gasteiger partial charge in [-0.25, -0.2) is 8.42 Å². The first-order chi connectivity index (χ1) is 14.3. The minimum Gasteiger partial charge on any atom is -0.352 e. The van der Waals surface area contributed by atoms with Crippen LogP contribution in [-0.2, 0) is 16.4 Å². The highest BCUT2D eigenvalue weighted by Crippen LogP contribution is 2.24. The minimum absolute atomic E-state index is 0.208. The standard InChI is InChI=1S/C21H30N4O4S/c1-15(2)20-23-19(29-24-20)8-7-11-22-21(26)17-10-9-16(3)18(14-17)30(27,28)25-12-5-4-6-13-25/h9-10,14-15H,4-8,11-13H2,1-3H3,(H,22,26). The van der Waals surface area contributed by atoms with E-state index >= 15 is 0 Å². The molecule has 0 atom stereocenters. The van der Waals surface area contributed by atoms with E-state index in [0.717, 1.165) is 19.3 Å². The lowest BCUT2D eigenvalue weighted by atomic mass is 10.1. The van der Waals surface area contributed by atoms with Crippen LogP contribution in [0.25, 0.3) is 0 Å². The Labute approximate surface area is 178 Å². The fourth-order valence-corrected chi connectivity index (χ4v) is 5.18. The molecule has 1 amide bonds. The summed E-state index contributed by atoms with van der Waals surface area (Å²) in [6.45, 7) is 7.25. The first-order valence-electron chi connectivity index (χ1n) is 10.5. The second-order valence-corrected chi connectivity index (χ2v) is 9.91. The molecule has 1 aliphatic rings. The summed E-state index contributed by atoms with van der Waals surface area (Å²) in [6, 6.07) is 4.84. The van der Waals surface area contributed by atoms with Gasteiger partial charge in [0.1, 0.15) is 0 Å². The summed E-state index contributed by atoms with van der Waals surface area (Å²) < 4.78 is 32.8. The van der Waals surface area contributed by atoms with Gasteiger partial charge in [-0.05, 0) is 43.9 Å². The lowest BCUT2D eigenvalue weighted by Crippen LogP contribution is -2.36. The van der Waals surface area contributed by atoms with Gasteiger partial charge in [-0.3, -0.25) is 4.79 Å². The van der Waals surface area contributed by atoms with Crippen molar-refractivity contribution in [2.24, 2.45) is 0 Å². The maximum Gasteiger partial charge on any atom is 0.251 e. The van der Waals surface area contributed by atoms with Crippen LogP contribution in [0.4, 0.5) is 0 Å². The van der Waals surface area contributed by atoms with Crippen molar-refractivity contribution >= 4 is 15.9 Å². The number of amides is 1. The van der Waals surface area contributed by atoms with Gasteiger partial charge in [-0.1, -0.05) is 31.5 Å². The van der Waals surface area contributed by atoms with Gasteiger partial charge >= 0.3 is 0 Å². The number of nitrogens with one attached hydrogen (secondary N) is 1. The van der Waals surface area contributed by atoms with E-state index in [2.05, 4.69) is 15.5 Å². The van der Waals surface area contributed by atoms with Crippen LogP contribution in [0.5, 0.6) is 0 Å². The molecule has 1 aromatic heterocycles. The third-order valence-corrected chi connectivity index (χ3v) is 7.28. The number of carbonyl (C=O) groups excluding carboxylic acids is 1. The van der Waals surface area contributed by atoms with Gasteiger partial charge in [-0.15, -0.1) is 0 Å². The number of rotatable bonds is 8. The van der Waals surface area contributed by atoms with E-state index < -0.39 is 10.0 Å². The third-order valence-electron chi connectivity index (χ3n) is 5.24. The number of aryl methyl sites for hydroxylation is 2. The molecule has 2 aromatic rings. The zero-order chi connectivity index (χ0) is 21.7. The van der Waals surface area contributed by atoms with Crippen molar-refractivity contribution in [3.8, 4) is 0 Å². The molecule has 1 aliphatic heterocycles. The predicted molar refractivity (Wildman–Crippen MR) is 113 cm³/mol. The monoisotopic (exact) mass is 434 g/mol. The molecule has 0 aliphatic carbocycles. The molecule has 0 saturated carbocycles. The molecule has 8 nitrogen and oxygen atoms in total. The van der Waals surface area contributed by atoms with E-state index in [1.807, 2.05) is 13.8 Å². The zero-order valence-corrected chi connectivity index (χ0v) is 18.7. The molecular formula is C21H30N4O4S. The molecule has 2 heterocycles. The van der Waals surface area contributed by atoms with E-state index in [1.54, 1.807) is 19.1 Å². The summed E-state index contributed by atoms with van der Waals surface area (Å²) in [4.78, 5) is 17.1. The topological polar surface area (TPSA) is 105 Å². The zero-order valence-electron chi connectivity index (χ0n) is 17.8. The van der Waals surface area contributed by atoms with E-state index in [9.17, 15) is 13.2 Å². The van der Waals surface area contributed by atoms with Crippen LogP contribution in [0.1, 0.15) is 73.1 Å². The van der Waals surface area contributed by atoms with Crippen molar-refractivity contribution in [1.82, 2.24) is 19.8 Å². The average Bonchev–Trinajstić information content (AvgIpc) is 3.21. The van der Waals surface area contributed by atoms with Gasteiger partial charge in [0, 0.05) is 37.5 Å². The van der Waals surface area contributed by atoms with Crippen molar-refractivity contribution in [3.05, 3.63) is 41.0 Å². The van der Waals surface area contributed by atoms with Crippen LogP contribution in [0.2, 0.25) is 0 Å². The number of carbonyl (C=O) groups is 1. The van der Waals surface area contributed by atoms with Crippen LogP contribution in [0.15, 0.2) is 27.6 Å².